The number of pyridine rings is 1. The lowest BCUT2D eigenvalue weighted by atomic mass is 9.79. The number of aromatic nitrogens is 3. The number of nitrogens with one attached hydrogen (secondary N) is 1. The number of carbonyl (C=O) groups excluding carboxylic acids is 2. The van der Waals surface area contributed by atoms with Gasteiger partial charge in [-0.05, 0) is 42.7 Å². The van der Waals surface area contributed by atoms with Crippen molar-refractivity contribution in [3.05, 3.63) is 60.2 Å². The van der Waals surface area contributed by atoms with Crippen molar-refractivity contribution in [1.29, 1.82) is 0 Å². The number of likely N-dealkylation sites (tertiary alicyclic amines) is 1. The highest BCUT2D eigenvalue weighted by Crippen LogP contribution is 2.34. The summed E-state index contributed by atoms with van der Waals surface area (Å²) in [5.74, 6) is 1.12. The Hall–Kier alpha value is -3.55. The molecule has 8 nitrogen and oxygen atoms in total. The molecule has 2 aromatic heterocycles. The number of anilines is 1. The monoisotopic (exact) mass is 419 g/mol. The highest BCUT2D eigenvalue weighted by molar-refractivity contribution is 5.88. The van der Waals surface area contributed by atoms with Crippen LogP contribution in [-0.2, 0) is 21.4 Å². The number of hydrogen-bond acceptors (Lipinski definition) is 6. The zero-order valence-electron chi connectivity index (χ0n) is 17.7. The van der Waals surface area contributed by atoms with Gasteiger partial charge in [0.1, 0.15) is 0 Å². The number of amides is 2. The number of rotatable bonds is 5. The molecule has 0 saturated carbocycles. The molecule has 3 heterocycles. The first kappa shape index (κ1) is 20.7. The molecular weight excluding hydrogens is 394 g/mol. The van der Waals surface area contributed by atoms with E-state index in [9.17, 15) is 9.59 Å². The van der Waals surface area contributed by atoms with E-state index in [2.05, 4.69) is 27.4 Å². The molecule has 3 aromatic rings. The van der Waals surface area contributed by atoms with Crippen molar-refractivity contribution in [2.75, 3.05) is 18.4 Å². The van der Waals surface area contributed by atoms with Gasteiger partial charge in [-0.3, -0.25) is 14.6 Å². The van der Waals surface area contributed by atoms with Crippen molar-refractivity contribution in [3.8, 4) is 11.5 Å². The molecule has 1 saturated heterocycles. The third-order valence-electron chi connectivity index (χ3n) is 5.72. The van der Waals surface area contributed by atoms with Gasteiger partial charge in [-0.2, -0.15) is 4.98 Å². The Balaban J connectivity index is 1.35. The quantitative estimate of drug-likeness (QED) is 0.681. The molecule has 4 rings (SSSR count). The number of benzene rings is 1. The van der Waals surface area contributed by atoms with Crippen molar-refractivity contribution in [3.63, 3.8) is 0 Å². The number of carbonyl (C=O) groups is 2. The molecule has 0 atom stereocenters. The minimum atomic E-state index is -0.235. The maximum absolute atomic E-state index is 12.8. The molecule has 0 spiro atoms. The van der Waals surface area contributed by atoms with Crippen LogP contribution in [0.15, 0.2) is 53.3 Å². The van der Waals surface area contributed by atoms with Crippen LogP contribution in [0.4, 0.5) is 5.69 Å². The molecule has 1 aliphatic rings. The molecule has 160 valence electrons. The first-order valence-corrected chi connectivity index (χ1v) is 10.3. The van der Waals surface area contributed by atoms with E-state index in [1.54, 1.807) is 12.4 Å². The summed E-state index contributed by atoms with van der Waals surface area (Å²) < 4.78 is 5.45. The summed E-state index contributed by atoms with van der Waals surface area (Å²) in [6, 6.07) is 11.1. The lowest BCUT2D eigenvalue weighted by Crippen LogP contribution is -2.44. The van der Waals surface area contributed by atoms with Crippen molar-refractivity contribution >= 4 is 17.5 Å². The smallest absolute Gasteiger partial charge is 0.259 e. The van der Waals surface area contributed by atoms with Gasteiger partial charge in [-0.25, -0.2) is 0 Å². The van der Waals surface area contributed by atoms with Crippen LogP contribution in [0.25, 0.3) is 11.5 Å². The van der Waals surface area contributed by atoms with Gasteiger partial charge in [-0.1, -0.05) is 24.2 Å². The second kappa shape index (κ2) is 8.67. The second-order valence-corrected chi connectivity index (χ2v) is 8.16. The van der Waals surface area contributed by atoms with E-state index in [4.69, 9.17) is 4.52 Å². The van der Waals surface area contributed by atoms with Crippen LogP contribution in [0, 0.1) is 0 Å². The first-order valence-electron chi connectivity index (χ1n) is 10.3. The SMILES string of the molecule is CC(=O)Nc1ccc(CC(=O)N2CCC(C)(c3noc(-c4cccnc4)n3)CC2)cc1. The minimum absolute atomic E-state index is 0.0958. The molecule has 1 N–H and O–H groups in total. The summed E-state index contributed by atoms with van der Waals surface area (Å²) >= 11 is 0. The summed E-state index contributed by atoms with van der Waals surface area (Å²) in [7, 11) is 0. The maximum atomic E-state index is 12.8. The van der Waals surface area contributed by atoms with Gasteiger partial charge in [0.15, 0.2) is 5.82 Å². The number of piperidine rings is 1. The van der Waals surface area contributed by atoms with Gasteiger partial charge in [-0.15, -0.1) is 0 Å². The van der Waals surface area contributed by atoms with Crippen LogP contribution in [0.5, 0.6) is 0 Å². The Morgan fingerprint density at radius 1 is 1.16 bits per heavy atom. The second-order valence-electron chi connectivity index (χ2n) is 8.16. The minimum Gasteiger partial charge on any atom is -0.342 e. The fraction of sp³-hybridized carbons (Fsp3) is 0.348. The normalized spacial score (nSPS) is 15.5. The number of nitrogens with zero attached hydrogens (tertiary/aromatic N) is 4. The first-order chi connectivity index (χ1) is 14.9. The van der Waals surface area contributed by atoms with Crippen LogP contribution < -0.4 is 5.32 Å². The summed E-state index contributed by atoms with van der Waals surface area (Å²) in [6.45, 7) is 4.88. The lowest BCUT2D eigenvalue weighted by molar-refractivity contribution is -0.132. The highest BCUT2D eigenvalue weighted by atomic mass is 16.5. The van der Waals surface area contributed by atoms with E-state index in [-0.39, 0.29) is 17.2 Å². The third-order valence-corrected chi connectivity index (χ3v) is 5.72. The molecule has 0 radical (unpaired) electrons. The predicted molar refractivity (Wildman–Crippen MR) is 115 cm³/mol. The van der Waals surface area contributed by atoms with Crippen LogP contribution in [-0.4, -0.2) is 44.9 Å². The van der Waals surface area contributed by atoms with E-state index in [1.807, 2.05) is 41.3 Å². The topological polar surface area (TPSA) is 101 Å². The summed E-state index contributed by atoms with van der Waals surface area (Å²) in [5, 5.41) is 6.94. The van der Waals surface area contributed by atoms with Crippen molar-refractivity contribution < 1.29 is 14.1 Å². The molecule has 8 heteroatoms. The van der Waals surface area contributed by atoms with Crippen molar-refractivity contribution in [2.24, 2.45) is 0 Å². The molecule has 1 fully saturated rings. The molecular formula is C23H25N5O3. The van der Waals surface area contributed by atoms with Gasteiger partial charge in [0, 0.05) is 43.5 Å². The van der Waals surface area contributed by atoms with Crippen LogP contribution in [0.1, 0.15) is 38.1 Å². The fourth-order valence-corrected chi connectivity index (χ4v) is 3.74. The van der Waals surface area contributed by atoms with E-state index >= 15 is 0 Å². The van der Waals surface area contributed by atoms with Gasteiger partial charge >= 0.3 is 0 Å². The van der Waals surface area contributed by atoms with E-state index in [0.717, 1.165) is 29.7 Å². The largest absolute Gasteiger partial charge is 0.342 e. The molecule has 0 aliphatic carbocycles. The van der Waals surface area contributed by atoms with Crippen LogP contribution in [0.3, 0.4) is 0 Å². The van der Waals surface area contributed by atoms with Crippen molar-refractivity contribution in [1.82, 2.24) is 20.0 Å². The maximum Gasteiger partial charge on any atom is 0.259 e. The zero-order chi connectivity index (χ0) is 21.8. The lowest BCUT2D eigenvalue weighted by Gasteiger charge is -2.37. The van der Waals surface area contributed by atoms with Gasteiger partial charge in [0.2, 0.25) is 11.8 Å². The average Bonchev–Trinajstić information content (AvgIpc) is 3.27. The Morgan fingerprint density at radius 2 is 1.90 bits per heavy atom. The van der Waals surface area contributed by atoms with Crippen LogP contribution in [0.2, 0.25) is 0 Å². The van der Waals surface area contributed by atoms with E-state index in [0.29, 0.717) is 31.2 Å². The van der Waals surface area contributed by atoms with Gasteiger partial charge in [0.05, 0.1) is 12.0 Å². The summed E-state index contributed by atoms with van der Waals surface area (Å²) in [4.78, 5) is 34.5. The van der Waals surface area contributed by atoms with Gasteiger partial charge < -0.3 is 14.7 Å². The predicted octanol–water partition coefficient (Wildman–Crippen LogP) is 3.21. The van der Waals surface area contributed by atoms with Gasteiger partial charge in [0.25, 0.3) is 5.89 Å². The average molecular weight is 419 g/mol. The van der Waals surface area contributed by atoms with E-state index in [1.165, 1.54) is 6.92 Å². The van der Waals surface area contributed by atoms with Crippen molar-refractivity contribution in [2.45, 2.75) is 38.5 Å². The zero-order valence-corrected chi connectivity index (χ0v) is 17.7. The molecule has 1 aromatic carbocycles. The Morgan fingerprint density at radius 3 is 2.55 bits per heavy atom. The molecule has 31 heavy (non-hydrogen) atoms. The van der Waals surface area contributed by atoms with E-state index < -0.39 is 0 Å². The van der Waals surface area contributed by atoms with Crippen LogP contribution >= 0.6 is 0 Å². The Labute approximate surface area is 180 Å². The summed E-state index contributed by atoms with van der Waals surface area (Å²) in [6.07, 6.45) is 5.28. The Bertz CT molecular complexity index is 1050. The number of hydrogen-bond donors (Lipinski definition) is 1. The summed E-state index contributed by atoms with van der Waals surface area (Å²) in [5.41, 5.74) is 2.21. The molecule has 2 amide bonds. The highest BCUT2D eigenvalue weighted by Gasteiger charge is 2.37. The molecule has 0 unspecified atom stereocenters. The molecule has 1 aliphatic heterocycles. The molecule has 0 bridgehead atoms. The third kappa shape index (κ3) is 4.79. The standard InChI is InChI=1S/C23H25N5O3/c1-16(29)25-19-7-5-17(6-8-19)14-20(30)28-12-9-23(2,10-13-28)22-26-21(31-27-22)18-4-3-11-24-15-18/h3-8,11,15H,9-10,12-14H2,1-2H3,(H,25,29). The fourth-order valence-electron chi connectivity index (χ4n) is 3.74. The Kier molecular flexibility index (Phi) is 5.79.